The molecule has 1 aliphatic rings. The topological polar surface area (TPSA) is 30.9 Å². The molecule has 4 nitrogen and oxygen atoms in total. The highest BCUT2D eigenvalue weighted by Gasteiger charge is 2.32. The summed E-state index contributed by atoms with van der Waals surface area (Å²) in [6.45, 7) is 0. The molecule has 6 heteroatoms. The Hall–Kier alpha value is -3.09. The van der Waals surface area contributed by atoms with Gasteiger partial charge in [-0.25, -0.2) is 4.99 Å². The molecule has 156 valence electrons. The fourth-order valence-corrected chi connectivity index (χ4v) is 4.35. The number of benzene rings is 3. The van der Waals surface area contributed by atoms with Crippen molar-refractivity contribution in [2.45, 2.75) is 12.5 Å². The van der Waals surface area contributed by atoms with E-state index in [-0.39, 0.29) is 6.04 Å². The monoisotopic (exact) mass is 444 g/mol. The molecule has 0 saturated heterocycles. The molecule has 0 bridgehead atoms. The van der Waals surface area contributed by atoms with E-state index in [1.165, 1.54) is 0 Å². The van der Waals surface area contributed by atoms with E-state index < -0.39 is 0 Å². The van der Waals surface area contributed by atoms with Crippen LogP contribution in [0.3, 0.4) is 0 Å². The van der Waals surface area contributed by atoms with Crippen LogP contribution < -0.4 is 10.2 Å². The maximum Gasteiger partial charge on any atom is 0.202 e. The molecule has 3 aromatic carbocycles. The number of rotatable bonds is 4. The first-order chi connectivity index (χ1) is 15.0. The summed E-state index contributed by atoms with van der Waals surface area (Å²) in [4.78, 5) is 8.80. The molecule has 3 aromatic rings. The quantitative estimate of drug-likeness (QED) is 0.524. The summed E-state index contributed by atoms with van der Waals surface area (Å²) >= 11 is 11.5. The average Bonchev–Trinajstić information content (AvgIpc) is 2.79. The fourth-order valence-electron chi connectivity index (χ4n) is 3.63. The number of aliphatic imine (C=N–C) groups is 1. The molecule has 1 aliphatic heterocycles. The lowest BCUT2D eigenvalue weighted by Gasteiger charge is -2.37. The van der Waals surface area contributed by atoms with Gasteiger partial charge in [0.25, 0.3) is 0 Å². The minimum atomic E-state index is -0.0415. The van der Waals surface area contributed by atoms with E-state index in [9.17, 15) is 0 Å². The van der Waals surface area contributed by atoms with Gasteiger partial charge in [0.05, 0.1) is 11.8 Å². The highest BCUT2D eigenvalue weighted by molar-refractivity contribution is 7.82. The maximum atomic E-state index is 5.78. The van der Waals surface area contributed by atoms with E-state index in [0.717, 1.165) is 28.2 Å². The normalized spacial score (nSPS) is 15.9. The van der Waals surface area contributed by atoms with Crippen LogP contribution in [0.2, 0.25) is 0 Å². The summed E-state index contributed by atoms with van der Waals surface area (Å²) in [5.74, 6) is 0. The van der Waals surface area contributed by atoms with E-state index in [1.54, 1.807) is 0 Å². The minimum Gasteiger partial charge on any atom is -0.378 e. The molecule has 1 heterocycles. The van der Waals surface area contributed by atoms with E-state index in [2.05, 4.69) is 46.6 Å². The number of hydrogen-bond donors (Lipinski definition) is 1. The van der Waals surface area contributed by atoms with Gasteiger partial charge in [-0.2, -0.15) is 0 Å². The third kappa shape index (κ3) is 4.81. The molecule has 0 saturated carbocycles. The van der Waals surface area contributed by atoms with Gasteiger partial charge in [-0.1, -0.05) is 60.7 Å². The summed E-state index contributed by atoms with van der Waals surface area (Å²) < 4.78 is 0. The van der Waals surface area contributed by atoms with E-state index in [4.69, 9.17) is 29.4 Å². The predicted molar refractivity (Wildman–Crippen MR) is 138 cm³/mol. The van der Waals surface area contributed by atoms with Crippen LogP contribution in [0.1, 0.15) is 23.6 Å². The summed E-state index contributed by atoms with van der Waals surface area (Å²) in [6.07, 6.45) is 0.710. The Kier molecular flexibility index (Phi) is 6.39. The van der Waals surface area contributed by atoms with Crippen LogP contribution in [0, 0.1) is 0 Å². The van der Waals surface area contributed by atoms with Crippen LogP contribution >= 0.6 is 24.4 Å². The van der Waals surface area contributed by atoms with Crippen molar-refractivity contribution in [3.63, 3.8) is 0 Å². The van der Waals surface area contributed by atoms with Crippen LogP contribution in [0.25, 0.3) is 0 Å². The Bertz CT molecular complexity index is 1090. The number of nitrogens with zero attached hydrogens (tertiary/aromatic N) is 3. The summed E-state index contributed by atoms with van der Waals surface area (Å²) in [5.41, 5.74) is 5.28. The van der Waals surface area contributed by atoms with Crippen LogP contribution in [-0.2, 0) is 0 Å². The van der Waals surface area contributed by atoms with Crippen molar-refractivity contribution in [1.82, 2.24) is 4.90 Å². The van der Waals surface area contributed by atoms with Crippen LogP contribution in [0.15, 0.2) is 89.9 Å². The molecule has 31 heavy (non-hydrogen) atoms. The molecule has 0 spiro atoms. The number of thiocarbonyl (C=S) groups is 2. The molecule has 0 aliphatic carbocycles. The van der Waals surface area contributed by atoms with Crippen LogP contribution in [-0.4, -0.2) is 34.9 Å². The molecular weight excluding hydrogens is 420 g/mol. The third-order valence-electron chi connectivity index (χ3n) is 5.28. The smallest absolute Gasteiger partial charge is 0.202 e. The Labute approximate surface area is 194 Å². The number of hydrogen-bond acceptors (Lipinski definition) is 3. The van der Waals surface area contributed by atoms with Gasteiger partial charge in [0.1, 0.15) is 0 Å². The highest BCUT2D eigenvalue weighted by Crippen LogP contribution is 2.33. The number of para-hydroxylation sites is 1. The zero-order chi connectivity index (χ0) is 21.8. The van der Waals surface area contributed by atoms with E-state index in [1.807, 2.05) is 67.5 Å². The predicted octanol–water partition coefficient (Wildman–Crippen LogP) is 5.67. The van der Waals surface area contributed by atoms with Crippen LogP contribution in [0.4, 0.5) is 11.4 Å². The van der Waals surface area contributed by atoms with Gasteiger partial charge in [0.2, 0.25) is 5.11 Å². The van der Waals surface area contributed by atoms with Crippen molar-refractivity contribution < 1.29 is 0 Å². The van der Waals surface area contributed by atoms with Gasteiger partial charge in [-0.3, -0.25) is 4.90 Å². The Balaban J connectivity index is 1.70. The summed E-state index contributed by atoms with van der Waals surface area (Å²) in [6, 6.07) is 28.6. The lowest BCUT2D eigenvalue weighted by molar-refractivity contribution is 0.460. The first kappa shape index (κ1) is 21.2. The lowest BCUT2D eigenvalue weighted by Crippen LogP contribution is -2.44. The van der Waals surface area contributed by atoms with Crippen molar-refractivity contribution in [1.29, 1.82) is 0 Å². The summed E-state index contributed by atoms with van der Waals surface area (Å²) in [5, 5.41) is 4.34. The van der Waals surface area contributed by atoms with Crippen molar-refractivity contribution in [3.05, 3.63) is 96.1 Å². The van der Waals surface area contributed by atoms with Crippen LogP contribution in [0.5, 0.6) is 0 Å². The zero-order valence-electron chi connectivity index (χ0n) is 17.5. The first-order valence-corrected chi connectivity index (χ1v) is 10.9. The van der Waals surface area contributed by atoms with Gasteiger partial charge in [0.15, 0.2) is 5.11 Å². The lowest BCUT2D eigenvalue weighted by atomic mass is 9.94. The maximum absolute atomic E-state index is 5.78. The molecule has 1 atom stereocenters. The molecular formula is C25H24N4S2. The molecule has 0 aromatic heterocycles. The Morgan fingerprint density at radius 3 is 2.16 bits per heavy atom. The van der Waals surface area contributed by atoms with Gasteiger partial charge in [-0.05, 0) is 59.8 Å². The number of anilines is 2. The SMILES string of the molecule is CN(C)c1ccc(C2CC(c3ccccc3)=NC(=S)N2C(=S)Nc2ccccc2)cc1. The van der Waals surface area contributed by atoms with Gasteiger partial charge in [-0.15, -0.1) is 0 Å². The van der Waals surface area contributed by atoms with Gasteiger partial charge >= 0.3 is 0 Å². The molecule has 0 fully saturated rings. The van der Waals surface area contributed by atoms with Crippen molar-refractivity contribution in [2.24, 2.45) is 4.99 Å². The molecule has 1 unspecified atom stereocenters. The highest BCUT2D eigenvalue weighted by atomic mass is 32.1. The largest absolute Gasteiger partial charge is 0.378 e. The van der Waals surface area contributed by atoms with E-state index in [0.29, 0.717) is 16.6 Å². The summed E-state index contributed by atoms with van der Waals surface area (Å²) in [7, 11) is 4.08. The second-order valence-electron chi connectivity index (χ2n) is 7.58. The van der Waals surface area contributed by atoms with Crippen molar-refractivity contribution in [3.8, 4) is 0 Å². The zero-order valence-corrected chi connectivity index (χ0v) is 19.2. The average molecular weight is 445 g/mol. The fraction of sp³-hybridized carbons (Fsp3) is 0.160. The second kappa shape index (κ2) is 9.37. The molecule has 4 rings (SSSR count). The molecule has 0 radical (unpaired) electrons. The van der Waals surface area contributed by atoms with Crippen molar-refractivity contribution >= 4 is 51.7 Å². The third-order valence-corrected chi connectivity index (χ3v) is 5.87. The number of nitrogens with one attached hydrogen (secondary N) is 1. The molecule has 0 amide bonds. The van der Waals surface area contributed by atoms with Gasteiger partial charge < -0.3 is 10.2 Å². The van der Waals surface area contributed by atoms with Gasteiger partial charge in [0, 0.05) is 31.9 Å². The first-order valence-electron chi connectivity index (χ1n) is 10.1. The Morgan fingerprint density at radius 2 is 1.55 bits per heavy atom. The molecule has 1 N–H and O–H groups in total. The van der Waals surface area contributed by atoms with Crippen molar-refractivity contribution in [2.75, 3.05) is 24.3 Å². The van der Waals surface area contributed by atoms with E-state index >= 15 is 0 Å². The Morgan fingerprint density at radius 1 is 0.935 bits per heavy atom. The minimum absolute atomic E-state index is 0.0415. The second-order valence-corrected chi connectivity index (χ2v) is 8.33. The standard InChI is InChI=1S/C25H24N4S2/c1-28(2)21-15-13-19(14-16-21)23-17-22(18-9-5-3-6-10-18)27-25(31)29(23)24(30)26-20-11-7-4-8-12-20/h3-16,23H,17H2,1-2H3,(H,26,30).